The van der Waals surface area contributed by atoms with Crippen LogP contribution in [0, 0.1) is 5.82 Å². The molecule has 0 bridgehead atoms. The maximum Gasteiger partial charge on any atom is 0.338 e. The van der Waals surface area contributed by atoms with E-state index in [1.807, 2.05) is 42.7 Å². The van der Waals surface area contributed by atoms with E-state index in [1.54, 1.807) is 73.5 Å². The fourth-order valence-electron chi connectivity index (χ4n) is 4.55. The smallest absolute Gasteiger partial charge is 0.338 e. The van der Waals surface area contributed by atoms with E-state index in [2.05, 4.69) is 4.99 Å². The molecule has 6 nitrogen and oxygen atoms in total. The maximum atomic E-state index is 13.9. The number of halogens is 1. The number of nitrogens with zero attached hydrogens (tertiary/aromatic N) is 2. The first-order valence-corrected chi connectivity index (χ1v) is 15.1. The summed E-state index contributed by atoms with van der Waals surface area (Å²) in [7, 11) is 0. The molecule has 0 saturated heterocycles. The fraction of sp³-hybridized carbons (Fsp3) is 0.219. The minimum atomic E-state index is -0.662. The van der Waals surface area contributed by atoms with Crippen LogP contribution in [0.4, 0.5) is 4.39 Å². The Kier molecular flexibility index (Phi) is 8.56. The Labute approximate surface area is 245 Å². The molecular formula is C32H29FN2O4S2. The van der Waals surface area contributed by atoms with Crippen molar-refractivity contribution in [3.8, 4) is 5.75 Å². The zero-order valence-corrected chi connectivity index (χ0v) is 24.7. The van der Waals surface area contributed by atoms with E-state index in [0.29, 0.717) is 31.9 Å². The number of carbonyl (C=O) groups is 1. The summed E-state index contributed by atoms with van der Waals surface area (Å²) < 4.78 is 27.3. The largest absolute Gasteiger partial charge is 0.489 e. The SMILES string of the molecule is CSc1ccc([C@@H]2C(C(=O)OC(C)C)=C(C)N=c3s/c(=C\c4ccc(OCc5ccccc5F)cc4)c(=O)n32)cc1. The first-order valence-electron chi connectivity index (χ1n) is 13.1. The van der Waals surface area contributed by atoms with Gasteiger partial charge in [-0.15, -0.1) is 11.8 Å². The lowest BCUT2D eigenvalue weighted by molar-refractivity contribution is -0.143. The molecular weight excluding hydrogens is 559 g/mol. The molecule has 0 aliphatic carbocycles. The van der Waals surface area contributed by atoms with E-state index in [1.165, 1.54) is 17.4 Å². The van der Waals surface area contributed by atoms with Crippen molar-refractivity contribution >= 4 is 35.1 Å². The lowest BCUT2D eigenvalue weighted by atomic mass is 9.96. The number of allylic oxidation sites excluding steroid dienone is 1. The van der Waals surface area contributed by atoms with Crippen molar-refractivity contribution in [2.45, 2.75) is 44.4 Å². The van der Waals surface area contributed by atoms with Crippen LogP contribution in [0.5, 0.6) is 5.75 Å². The van der Waals surface area contributed by atoms with Gasteiger partial charge in [0.05, 0.1) is 27.9 Å². The maximum absolute atomic E-state index is 13.9. The van der Waals surface area contributed by atoms with Crippen molar-refractivity contribution in [1.82, 2.24) is 4.57 Å². The van der Waals surface area contributed by atoms with Crippen LogP contribution in [-0.4, -0.2) is 22.9 Å². The minimum Gasteiger partial charge on any atom is -0.489 e. The molecule has 0 saturated carbocycles. The molecule has 4 aromatic rings. The summed E-state index contributed by atoms with van der Waals surface area (Å²) in [5.41, 5.74) is 2.71. The Bertz CT molecular complexity index is 1790. The summed E-state index contributed by atoms with van der Waals surface area (Å²) in [6.07, 6.45) is 3.48. The van der Waals surface area contributed by atoms with E-state index in [0.717, 1.165) is 16.0 Å². The predicted octanol–water partition coefficient (Wildman–Crippen LogP) is 5.63. The Balaban J connectivity index is 1.50. The number of thioether (sulfide) groups is 1. The van der Waals surface area contributed by atoms with E-state index in [-0.39, 0.29) is 24.1 Å². The highest BCUT2D eigenvalue weighted by Gasteiger charge is 2.33. The topological polar surface area (TPSA) is 69.9 Å². The highest BCUT2D eigenvalue weighted by atomic mass is 32.2. The number of aromatic nitrogens is 1. The van der Waals surface area contributed by atoms with Crippen LogP contribution in [0.15, 0.2) is 98.7 Å². The lowest BCUT2D eigenvalue weighted by Gasteiger charge is -2.25. The number of ether oxygens (including phenoxy) is 2. The number of carbonyl (C=O) groups excluding carboxylic acids is 1. The van der Waals surface area contributed by atoms with Crippen LogP contribution in [0.3, 0.4) is 0 Å². The summed E-state index contributed by atoms with van der Waals surface area (Å²) in [5.74, 6) is -0.209. The van der Waals surface area contributed by atoms with Crippen molar-refractivity contribution in [2.24, 2.45) is 4.99 Å². The van der Waals surface area contributed by atoms with E-state index >= 15 is 0 Å². The molecule has 1 aliphatic rings. The van der Waals surface area contributed by atoms with Gasteiger partial charge in [-0.25, -0.2) is 14.2 Å². The van der Waals surface area contributed by atoms with Gasteiger partial charge < -0.3 is 9.47 Å². The average molecular weight is 589 g/mol. The lowest BCUT2D eigenvalue weighted by Crippen LogP contribution is -2.40. The van der Waals surface area contributed by atoms with Gasteiger partial charge in [-0.2, -0.15) is 0 Å². The number of benzene rings is 3. The zero-order valence-electron chi connectivity index (χ0n) is 23.1. The molecule has 5 rings (SSSR count). The first-order chi connectivity index (χ1) is 19.7. The molecule has 0 spiro atoms. The van der Waals surface area contributed by atoms with Gasteiger partial charge in [0, 0.05) is 10.5 Å². The molecule has 1 atom stereocenters. The summed E-state index contributed by atoms with van der Waals surface area (Å²) >= 11 is 2.89. The van der Waals surface area contributed by atoms with E-state index < -0.39 is 12.0 Å². The molecule has 0 N–H and O–H groups in total. The molecule has 0 amide bonds. The fourth-order valence-corrected chi connectivity index (χ4v) is 6.00. The van der Waals surface area contributed by atoms with Gasteiger partial charge in [0.1, 0.15) is 18.2 Å². The third-order valence-corrected chi connectivity index (χ3v) is 8.27. The normalized spacial score (nSPS) is 15.1. The highest BCUT2D eigenvalue weighted by Crippen LogP contribution is 2.32. The summed E-state index contributed by atoms with van der Waals surface area (Å²) in [4.78, 5) is 33.3. The van der Waals surface area contributed by atoms with Gasteiger partial charge in [-0.1, -0.05) is 53.8 Å². The first kappa shape index (κ1) is 28.6. The molecule has 9 heteroatoms. The quantitative estimate of drug-likeness (QED) is 0.197. The number of fused-ring (bicyclic) bond motifs is 1. The molecule has 0 unspecified atom stereocenters. The summed E-state index contributed by atoms with van der Waals surface area (Å²) in [6, 6.07) is 20.9. The Morgan fingerprint density at radius 3 is 2.46 bits per heavy atom. The summed E-state index contributed by atoms with van der Waals surface area (Å²) in [6.45, 7) is 5.48. The van der Waals surface area contributed by atoms with Gasteiger partial charge in [0.2, 0.25) is 0 Å². The van der Waals surface area contributed by atoms with Crippen molar-refractivity contribution < 1.29 is 18.7 Å². The van der Waals surface area contributed by atoms with Gasteiger partial charge >= 0.3 is 5.97 Å². The number of rotatable bonds is 8. The third kappa shape index (κ3) is 6.21. The molecule has 41 heavy (non-hydrogen) atoms. The van der Waals surface area contributed by atoms with E-state index in [9.17, 15) is 14.0 Å². The van der Waals surface area contributed by atoms with Gasteiger partial charge in [-0.3, -0.25) is 9.36 Å². The molecule has 2 heterocycles. The second kappa shape index (κ2) is 12.3. The second-order valence-electron chi connectivity index (χ2n) is 9.76. The zero-order chi connectivity index (χ0) is 29.1. The van der Waals surface area contributed by atoms with Crippen molar-refractivity contribution in [2.75, 3.05) is 6.26 Å². The Morgan fingerprint density at radius 2 is 1.80 bits per heavy atom. The number of esters is 1. The van der Waals surface area contributed by atoms with Crippen LogP contribution in [0.1, 0.15) is 43.5 Å². The van der Waals surface area contributed by atoms with Crippen LogP contribution in [-0.2, 0) is 16.1 Å². The van der Waals surface area contributed by atoms with Gasteiger partial charge in [0.25, 0.3) is 5.56 Å². The molecule has 0 fully saturated rings. The predicted molar refractivity (Wildman–Crippen MR) is 160 cm³/mol. The monoisotopic (exact) mass is 588 g/mol. The minimum absolute atomic E-state index is 0.115. The third-order valence-electron chi connectivity index (χ3n) is 6.55. The second-order valence-corrected chi connectivity index (χ2v) is 11.6. The molecule has 210 valence electrons. The van der Waals surface area contributed by atoms with Crippen LogP contribution < -0.4 is 19.6 Å². The van der Waals surface area contributed by atoms with Crippen molar-refractivity contribution in [3.05, 3.63) is 126 Å². The van der Waals surface area contributed by atoms with Crippen LogP contribution in [0.2, 0.25) is 0 Å². The number of thiazole rings is 1. The number of hydrogen-bond donors (Lipinski definition) is 0. The molecule has 3 aromatic carbocycles. The Morgan fingerprint density at radius 1 is 1.10 bits per heavy atom. The molecule has 0 radical (unpaired) electrons. The van der Waals surface area contributed by atoms with E-state index in [4.69, 9.17) is 9.47 Å². The highest BCUT2D eigenvalue weighted by molar-refractivity contribution is 7.98. The molecule has 1 aliphatic heterocycles. The standard InChI is InChI=1S/C32H29FN2O4S2/c1-19(2)39-31(37)28-20(3)34-32-35(29(28)22-11-15-25(40-4)16-12-22)30(36)27(41-32)17-21-9-13-24(14-10-21)38-18-23-7-5-6-8-26(23)33/h5-17,19,29H,18H2,1-4H3/b27-17-/t29-/m1/s1. The van der Waals surface area contributed by atoms with Gasteiger partial charge in [-0.05, 0) is 74.6 Å². The molecule has 1 aromatic heterocycles. The number of hydrogen-bond acceptors (Lipinski definition) is 7. The van der Waals surface area contributed by atoms with Crippen LogP contribution >= 0.6 is 23.1 Å². The van der Waals surface area contributed by atoms with Crippen molar-refractivity contribution in [3.63, 3.8) is 0 Å². The Hall–Kier alpha value is -3.95. The van der Waals surface area contributed by atoms with Gasteiger partial charge in [0.15, 0.2) is 4.80 Å². The van der Waals surface area contributed by atoms with Crippen LogP contribution in [0.25, 0.3) is 6.08 Å². The average Bonchev–Trinajstić information content (AvgIpc) is 3.26. The van der Waals surface area contributed by atoms with Crippen molar-refractivity contribution in [1.29, 1.82) is 0 Å². The summed E-state index contributed by atoms with van der Waals surface area (Å²) in [5, 5.41) is 0.